The van der Waals surface area contributed by atoms with Gasteiger partial charge in [-0.2, -0.15) is 0 Å². The van der Waals surface area contributed by atoms with E-state index in [1.165, 1.54) is 5.56 Å². The van der Waals surface area contributed by atoms with E-state index in [0.717, 1.165) is 5.75 Å². The molecule has 14 heavy (non-hydrogen) atoms. The molecule has 1 aromatic rings. The summed E-state index contributed by atoms with van der Waals surface area (Å²) in [6.07, 6.45) is 4.30. The van der Waals surface area contributed by atoms with Crippen LogP contribution < -0.4 is 10.5 Å². The number of nitrogens with two attached hydrogens (primary N) is 1. The minimum absolute atomic E-state index is 0.250. The smallest absolute Gasteiger partial charge is 0.204 e. The number of benzene rings is 1. The van der Waals surface area contributed by atoms with Crippen molar-refractivity contribution < 1.29 is 9.53 Å². The molecule has 1 aromatic carbocycles. The van der Waals surface area contributed by atoms with Gasteiger partial charge in [-0.05, 0) is 24.6 Å². The lowest BCUT2D eigenvalue weighted by Gasteiger charge is -1.99. The van der Waals surface area contributed by atoms with Crippen LogP contribution in [0.5, 0.6) is 5.75 Å². The molecule has 0 saturated carbocycles. The van der Waals surface area contributed by atoms with Crippen molar-refractivity contribution in [3.05, 3.63) is 35.9 Å². The summed E-state index contributed by atoms with van der Waals surface area (Å²) in [5.41, 5.74) is 5.34. The highest BCUT2D eigenvalue weighted by Gasteiger charge is 1.89. The molecule has 3 nitrogen and oxygen atoms in total. The number of rotatable bonds is 2. The zero-order chi connectivity index (χ0) is 10.8. The summed E-state index contributed by atoms with van der Waals surface area (Å²) >= 11 is 0. The number of carbonyl (C=O) groups excluding carboxylic acids is 1. The lowest BCUT2D eigenvalue weighted by Crippen LogP contribution is -1.82. The van der Waals surface area contributed by atoms with Gasteiger partial charge >= 0.3 is 0 Å². The first kappa shape index (κ1) is 12.2. The van der Waals surface area contributed by atoms with E-state index in [2.05, 4.69) is 5.73 Å². The molecule has 2 N–H and O–H groups in total. The van der Waals surface area contributed by atoms with Gasteiger partial charge < -0.3 is 10.5 Å². The Balaban J connectivity index is 0.000000500. The fourth-order valence-corrected chi connectivity index (χ4v) is 0.938. The molecule has 0 heterocycles. The highest BCUT2D eigenvalue weighted by Crippen LogP contribution is 2.13. The average molecular weight is 193 g/mol. The summed E-state index contributed by atoms with van der Waals surface area (Å²) in [5.74, 6) is 0.903. The molecular formula is C11H15NO2. The van der Waals surface area contributed by atoms with Crippen molar-refractivity contribution in [3.63, 3.8) is 0 Å². The average Bonchev–Trinajstić information content (AvgIpc) is 2.20. The van der Waals surface area contributed by atoms with Gasteiger partial charge in [0.25, 0.3) is 0 Å². The first-order chi connectivity index (χ1) is 6.78. The van der Waals surface area contributed by atoms with Crippen LogP contribution in [0.2, 0.25) is 0 Å². The zero-order valence-electron chi connectivity index (χ0n) is 8.44. The predicted molar refractivity (Wildman–Crippen MR) is 58.0 cm³/mol. The molecule has 0 fully saturated rings. The molecule has 0 atom stereocenters. The number of hydrogen-bond donors (Lipinski definition) is 1. The molecule has 0 saturated heterocycles. The van der Waals surface area contributed by atoms with E-state index >= 15 is 0 Å². The Labute approximate surface area is 84.2 Å². The fourth-order valence-electron chi connectivity index (χ4n) is 0.938. The lowest BCUT2D eigenvalue weighted by molar-refractivity contribution is -0.106. The van der Waals surface area contributed by atoms with E-state index in [1.54, 1.807) is 7.11 Å². The number of ether oxygens (including phenoxy) is 1. The Morgan fingerprint density at radius 1 is 1.43 bits per heavy atom. The Hall–Kier alpha value is -1.77. The zero-order valence-corrected chi connectivity index (χ0v) is 8.44. The molecule has 0 unspecified atom stereocenters. The van der Waals surface area contributed by atoms with Crippen LogP contribution >= 0.6 is 0 Å². The largest absolute Gasteiger partial charge is 0.497 e. The SMILES string of the molecule is C/C=C/c1cccc(OC)c1.NC=O. The minimum Gasteiger partial charge on any atom is -0.497 e. The fraction of sp³-hybridized carbons (Fsp3) is 0.182. The monoisotopic (exact) mass is 193 g/mol. The first-order valence-electron chi connectivity index (χ1n) is 4.20. The van der Waals surface area contributed by atoms with Crippen molar-refractivity contribution in [1.82, 2.24) is 0 Å². The van der Waals surface area contributed by atoms with Crippen LogP contribution in [0, 0.1) is 0 Å². The van der Waals surface area contributed by atoms with Crippen LogP contribution in [-0.4, -0.2) is 13.5 Å². The maximum Gasteiger partial charge on any atom is 0.204 e. The van der Waals surface area contributed by atoms with E-state index in [1.807, 2.05) is 43.3 Å². The van der Waals surface area contributed by atoms with E-state index in [9.17, 15) is 0 Å². The predicted octanol–water partition coefficient (Wildman–Crippen LogP) is 1.83. The molecule has 3 heteroatoms. The molecule has 0 bridgehead atoms. The summed E-state index contributed by atoms with van der Waals surface area (Å²) in [4.78, 5) is 8.58. The quantitative estimate of drug-likeness (QED) is 0.728. The number of primary amides is 1. The third kappa shape index (κ3) is 4.98. The highest BCUT2D eigenvalue weighted by atomic mass is 16.5. The molecule has 0 radical (unpaired) electrons. The van der Waals surface area contributed by atoms with Gasteiger partial charge in [0.1, 0.15) is 5.75 Å². The van der Waals surface area contributed by atoms with Gasteiger partial charge in [0, 0.05) is 0 Å². The second-order valence-corrected chi connectivity index (χ2v) is 2.41. The third-order valence-corrected chi connectivity index (χ3v) is 1.45. The number of allylic oxidation sites excluding steroid dienone is 1. The molecule has 0 aliphatic heterocycles. The van der Waals surface area contributed by atoms with Crippen molar-refractivity contribution in [2.75, 3.05) is 7.11 Å². The van der Waals surface area contributed by atoms with Gasteiger partial charge in [-0.15, -0.1) is 0 Å². The summed E-state index contributed by atoms with van der Waals surface area (Å²) in [7, 11) is 1.68. The molecular weight excluding hydrogens is 178 g/mol. The standard InChI is InChI=1S/C10H12O.CH3NO/c1-3-5-9-6-4-7-10(8-9)11-2;2-1-3/h3-8H,1-2H3;1H,(H2,2,3)/b5-3+;. The Morgan fingerprint density at radius 2 is 2.07 bits per heavy atom. The van der Waals surface area contributed by atoms with Crippen LogP contribution in [0.25, 0.3) is 6.08 Å². The maximum atomic E-state index is 8.58. The third-order valence-electron chi connectivity index (χ3n) is 1.45. The molecule has 0 aromatic heterocycles. The first-order valence-corrected chi connectivity index (χ1v) is 4.20. The lowest BCUT2D eigenvalue weighted by atomic mass is 10.2. The van der Waals surface area contributed by atoms with Crippen molar-refractivity contribution in [2.24, 2.45) is 5.73 Å². The summed E-state index contributed by atoms with van der Waals surface area (Å²) in [5, 5.41) is 0. The van der Waals surface area contributed by atoms with Crippen LogP contribution in [0.4, 0.5) is 0 Å². The van der Waals surface area contributed by atoms with Crippen LogP contribution in [-0.2, 0) is 4.79 Å². The molecule has 1 rings (SSSR count). The maximum absolute atomic E-state index is 8.58. The van der Waals surface area contributed by atoms with Crippen molar-refractivity contribution in [2.45, 2.75) is 6.92 Å². The van der Waals surface area contributed by atoms with Gasteiger partial charge in [-0.3, -0.25) is 4.79 Å². The highest BCUT2D eigenvalue weighted by molar-refractivity contribution is 5.51. The molecule has 0 aliphatic rings. The van der Waals surface area contributed by atoms with E-state index in [0.29, 0.717) is 0 Å². The second-order valence-electron chi connectivity index (χ2n) is 2.41. The summed E-state index contributed by atoms with van der Waals surface area (Å²) in [6, 6.07) is 7.96. The normalized spacial score (nSPS) is 9.00. The molecule has 0 aliphatic carbocycles. The number of hydrogen-bond acceptors (Lipinski definition) is 2. The van der Waals surface area contributed by atoms with Gasteiger partial charge in [0.15, 0.2) is 0 Å². The Morgan fingerprint density at radius 3 is 2.57 bits per heavy atom. The van der Waals surface area contributed by atoms with Crippen LogP contribution in [0.3, 0.4) is 0 Å². The van der Waals surface area contributed by atoms with Crippen molar-refractivity contribution >= 4 is 12.5 Å². The Bertz CT molecular complexity index is 295. The second kappa shape index (κ2) is 7.86. The summed E-state index contributed by atoms with van der Waals surface area (Å²) < 4.78 is 5.07. The van der Waals surface area contributed by atoms with Gasteiger partial charge in [-0.25, -0.2) is 0 Å². The van der Waals surface area contributed by atoms with Crippen LogP contribution in [0.1, 0.15) is 12.5 Å². The van der Waals surface area contributed by atoms with Crippen molar-refractivity contribution in [3.8, 4) is 5.75 Å². The molecule has 76 valence electrons. The molecule has 1 amide bonds. The summed E-state index contributed by atoms with van der Waals surface area (Å²) in [6.45, 7) is 2.00. The van der Waals surface area contributed by atoms with E-state index < -0.39 is 0 Å². The van der Waals surface area contributed by atoms with E-state index in [4.69, 9.17) is 9.53 Å². The van der Waals surface area contributed by atoms with E-state index in [-0.39, 0.29) is 6.41 Å². The van der Waals surface area contributed by atoms with Gasteiger partial charge in [0.2, 0.25) is 6.41 Å². The number of amides is 1. The minimum atomic E-state index is 0.250. The Kier molecular flexibility index (Phi) is 6.86. The van der Waals surface area contributed by atoms with Gasteiger partial charge in [-0.1, -0.05) is 24.3 Å². The number of carbonyl (C=O) groups is 1. The number of methoxy groups -OCH3 is 1. The topological polar surface area (TPSA) is 52.3 Å². The molecule has 0 spiro atoms. The van der Waals surface area contributed by atoms with Crippen LogP contribution in [0.15, 0.2) is 30.3 Å². The van der Waals surface area contributed by atoms with Gasteiger partial charge in [0.05, 0.1) is 7.11 Å². The van der Waals surface area contributed by atoms with Crippen molar-refractivity contribution in [1.29, 1.82) is 0 Å².